The lowest BCUT2D eigenvalue weighted by Crippen LogP contribution is -2.53. The standard InChI is InChI=1S/C31H36F4N6O/c1-19(2)26-15-36-10-11-40(26)16-20-12-23-24(25(13-20)31(33,34)35)17-41(29(23)42)22-7-4-6-21(14-22)30(8-5-9-30)27(32)28-38-37-18-39(28)3/h4,6-7,12-14,18-19,26-27,36H,5,8-11,15-17H2,1-3H3/t26-,27-/m1/s1. The number of benzene rings is 2. The number of rotatable bonds is 7. The summed E-state index contributed by atoms with van der Waals surface area (Å²) in [6.45, 7) is 6.62. The third-order valence-corrected chi connectivity index (χ3v) is 9.40. The first-order chi connectivity index (χ1) is 20.0. The summed E-state index contributed by atoms with van der Waals surface area (Å²) >= 11 is 0. The van der Waals surface area contributed by atoms with Crippen molar-refractivity contribution in [2.75, 3.05) is 24.5 Å². The number of fused-ring (bicyclic) bond motifs is 1. The fourth-order valence-electron chi connectivity index (χ4n) is 6.88. The first-order valence-corrected chi connectivity index (χ1v) is 14.6. The zero-order valence-corrected chi connectivity index (χ0v) is 24.1. The van der Waals surface area contributed by atoms with Gasteiger partial charge in [0.2, 0.25) is 0 Å². The Morgan fingerprint density at radius 1 is 1.17 bits per heavy atom. The molecule has 224 valence electrons. The topological polar surface area (TPSA) is 66.3 Å². The van der Waals surface area contributed by atoms with Crippen molar-refractivity contribution >= 4 is 11.6 Å². The molecule has 0 unspecified atom stereocenters. The number of aromatic nitrogens is 3. The summed E-state index contributed by atoms with van der Waals surface area (Å²) < 4.78 is 60.7. The SMILES string of the molecule is CC(C)[C@H]1CNCCN1Cc1cc2c(c(C(F)(F)F)c1)CN(c1cccc(C3([C@H](F)c4nncn4C)CCC3)c1)C2=O. The molecule has 0 bridgehead atoms. The number of hydrogen-bond donors (Lipinski definition) is 1. The highest BCUT2D eigenvalue weighted by molar-refractivity contribution is 6.10. The number of piperazine rings is 1. The van der Waals surface area contributed by atoms with E-state index in [1.54, 1.807) is 35.9 Å². The average molecular weight is 585 g/mol. The molecule has 2 aromatic carbocycles. The van der Waals surface area contributed by atoms with E-state index >= 15 is 4.39 Å². The van der Waals surface area contributed by atoms with E-state index in [0.717, 1.165) is 26.1 Å². The first kappa shape index (κ1) is 28.8. The Balaban J connectivity index is 1.33. The van der Waals surface area contributed by atoms with Gasteiger partial charge in [0.05, 0.1) is 12.1 Å². The summed E-state index contributed by atoms with van der Waals surface area (Å²) in [4.78, 5) is 17.3. The Morgan fingerprint density at radius 3 is 2.60 bits per heavy atom. The normalized spacial score (nSPS) is 21.5. The van der Waals surface area contributed by atoms with E-state index in [-0.39, 0.29) is 29.5 Å². The van der Waals surface area contributed by atoms with Gasteiger partial charge in [0.25, 0.3) is 5.91 Å². The van der Waals surface area contributed by atoms with E-state index in [1.807, 2.05) is 6.07 Å². The van der Waals surface area contributed by atoms with Crippen molar-refractivity contribution in [3.63, 3.8) is 0 Å². The summed E-state index contributed by atoms with van der Waals surface area (Å²) in [6, 6.07) is 10.1. The lowest BCUT2D eigenvalue weighted by molar-refractivity contribution is -0.138. The quantitative estimate of drug-likeness (QED) is 0.369. The predicted molar refractivity (Wildman–Crippen MR) is 151 cm³/mol. The smallest absolute Gasteiger partial charge is 0.318 e. The molecule has 3 aliphatic rings. The molecule has 0 spiro atoms. The minimum absolute atomic E-state index is 0.0109. The highest BCUT2D eigenvalue weighted by atomic mass is 19.4. The molecule has 1 saturated heterocycles. The number of anilines is 1. The number of aryl methyl sites for hydroxylation is 1. The third-order valence-electron chi connectivity index (χ3n) is 9.40. The summed E-state index contributed by atoms with van der Waals surface area (Å²) in [6.07, 6.45) is -2.50. The Morgan fingerprint density at radius 2 is 1.95 bits per heavy atom. The monoisotopic (exact) mass is 584 g/mol. The van der Waals surface area contributed by atoms with Gasteiger partial charge >= 0.3 is 6.18 Å². The zero-order valence-electron chi connectivity index (χ0n) is 24.1. The molecule has 1 aromatic heterocycles. The summed E-state index contributed by atoms with van der Waals surface area (Å²) in [5.41, 5.74) is 0.134. The van der Waals surface area contributed by atoms with Gasteiger partial charge in [-0.2, -0.15) is 13.2 Å². The van der Waals surface area contributed by atoms with Crippen LogP contribution in [0.15, 0.2) is 42.7 Å². The molecular formula is C31H36F4N6O. The molecule has 0 radical (unpaired) electrons. The van der Waals surface area contributed by atoms with E-state index in [2.05, 4.69) is 34.3 Å². The van der Waals surface area contributed by atoms with Crippen LogP contribution in [0.4, 0.5) is 23.2 Å². The maximum atomic E-state index is 16.0. The van der Waals surface area contributed by atoms with Crippen LogP contribution in [0.3, 0.4) is 0 Å². The van der Waals surface area contributed by atoms with E-state index < -0.39 is 29.2 Å². The van der Waals surface area contributed by atoms with Gasteiger partial charge in [-0.05, 0) is 59.7 Å². The molecule has 1 saturated carbocycles. The van der Waals surface area contributed by atoms with Crippen molar-refractivity contribution in [1.29, 1.82) is 0 Å². The maximum absolute atomic E-state index is 16.0. The number of amides is 1. The Hall–Kier alpha value is -3.31. The number of nitrogens with one attached hydrogen (secondary N) is 1. The van der Waals surface area contributed by atoms with Crippen LogP contribution in [0.25, 0.3) is 0 Å². The van der Waals surface area contributed by atoms with Gasteiger partial charge in [-0.15, -0.1) is 10.2 Å². The van der Waals surface area contributed by atoms with Crippen molar-refractivity contribution in [1.82, 2.24) is 25.0 Å². The van der Waals surface area contributed by atoms with Crippen LogP contribution in [0.2, 0.25) is 0 Å². The van der Waals surface area contributed by atoms with E-state index in [1.165, 1.54) is 17.3 Å². The molecule has 2 fully saturated rings. The van der Waals surface area contributed by atoms with Gasteiger partial charge in [-0.1, -0.05) is 32.4 Å². The van der Waals surface area contributed by atoms with Gasteiger partial charge < -0.3 is 14.8 Å². The Labute approximate surface area is 242 Å². The number of carbonyl (C=O) groups excluding carboxylic acids is 1. The van der Waals surface area contributed by atoms with Crippen LogP contribution >= 0.6 is 0 Å². The molecule has 7 nitrogen and oxygen atoms in total. The third kappa shape index (κ3) is 4.90. The molecule has 2 atom stereocenters. The fourth-order valence-corrected chi connectivity index (χ4v) is 6.88. The Bertz CT molecular complexity index is 1480. The second kappa shape index (κ2) is 10.8. The van der Waals surface area contributed by atoms with Gasteiger partial charge in [-0.3, -0.25) is 9.69 Å². The van der Waals surface area contributed by atoms with Crippen LogP contribution in [0.1, 0.15) is 77.7 Å². The molecule has 1 aliphatic carbocycles. The maximum Gasteiger partial charge on any atom is 0.416 e. The average Bonchev–Trinajstić information content (AvgIpc) is 3.50. The van der Waals surface area contributed by atoms with Crippen molar-refractivity contribution in [3.05, 3.63) is 76.4 Å². The summed E-state index contributed by atoms with van der Waals surface area (Å²) in [7, 11) is 1.70. The lowest BCUT2D eigenvalue weighted by atomic mass is 9.61. The largest absolute Gasteiger partial charge is 0.416 e. The molecule has 1 N–H and O–H groups in total. The molecule has 3 aromatic rings. The number of nitrogens with zero attached hydrogens (tertiary/aromatic N) is 5. The van der Waals surface area contributed by atoms with E-state index in [9.17, 15) is 18.0 Å². The summed E-state index contributed by atoms with van der Waals surface area (Å²) in [5, 5.41) is 11.2. The highest BCUT2D eigenvalue weighted by Gasteiger charge is 2.49. The predicted octanol–water partition coefficient (Wildman–Crippen LogP) is 5.56. The van der Waals surface area contributed by atoms with Crippen molar-refractivity contribution < 1.29 is 22.4 Å². The fraction of sp³-hybridized carbons (Fsp3) is 0.516. The van der Waals surface area contributed by atoms with E-state index in [0.29, 0.717) is 42.1 Å². The molecule has 42 heavy (non-hydrogen) atoms. The second-order valence-corrected chi connectivity index (χ2v) is 12.3. The van der Waals surface area contributed by atoms with Crippen molar-refractivity contribution in [2.24, 2.45) is 13.0 Å². The van der Waals surface area contributed by atoms with Crippen LogP contribution in [-0.2, 0) is 31.7 Å². The van der Waals surface area contributed by atoms with Crippen LogP contribution in [-0.4, -0.2) is 51.2 Å². The molecule has 3 heterocycles. The minimum atomic E-state index is -4.60. The zero-order chi connectivity index (χ0) is 29.8. The number of alkyl halides is 4. The molecule has 1 amide bonds. The number of hydrogen-bond acceptors (Lipinski definition) is 5. The van der Waals surface area contributed by atoms with Gasteiger partial charge in [0.1, 0.15) is 6.33 Å². The van der Waals surface area contributed by atoms with Gasteiger partial charge in [0, 0.05) is 55.9 Å². The van der Waals surface area contributed by atoms with Crippen molar-refractivity contribution in [2.45, 2.75) is 70.0 Å². The molecule has 11 heteroatoms. The van der Waals surface area contributed by atoms with Crippen LogP contribution < -0.4 is 10.2 Å². The Kier molecular flexibility index (Phi) is 7.37. The molecule has 6 rings (SSSR count). The highest BCUT2D eigenvalue weighted by Crippen LogP contribution is 2.54. The van der Waals surface area contributed by atoms with Crippen LogP contribution in [0.5, 0.6) is 0 Å². The van der Waals surface area contributed by atoms with Crippen LogP contribution in [0, 0.1) is 5.92 Å². The lowest BCUT2D eigenvalue weighted by Gasteiger charge is -2.44. The van der Waals surface area contributed by atoms with Crippen molar-refractivity contribution in [3.8, 4) is 0 Å². The van der Waals surface area contributed by atoms with E-state index in [4.69, 9.17) is 0 Å². The van der Waals surface area contributed by atoms with Gasteiger partial charge in [-0.25, -0.2) is 4.39 Å². The van der Waals surface area contributed by atoms with Gasteiger partial charge in [0.15, 0.2) is 12.0 Å². The number of halogens is 4. The minimum Gasteiger partial charge on any atom is -0.318 e. The molecule has 2 aliphatic heterocycles. The summed E-state index contributed by atoms with van der Waals surface area (Å²) in [5.74, 6) is 0.0922. The molecular weight excluding hydrogens is 548 g/mol. The second-order valence-electron chi connectivity index (χ2n) is 12.3. The first-order valence-electron chi connectivity index (χ1n) is 14.6. The number of carbonyl (C=O) groups is 1.